The van der Waals surface area contributed by atoms with Gasteiger partial charge in [-0.3, -0.25) is 28.5 Å². The Morgan fingerprint density at radius 3 is 2.02 bits per heavy atom. The lowest BCUT2D eigenvalue weighted by Crippen LogP contribution is -2.58. The van der Waals surface area contributed by atoms with Crippen molar-refractivity contribution in [2.24, 2.45) is 5.92 Å². The summed E-state index contributed by atoms with van der Waals surface area (Å²) in [4.78, 5) is 75.1. The van der Waals surface area contributed by atoms with Crippen LogP contribution in [0.3, 0.4) is 0 Å². The first-order valence-corrected chi connectivity index (χ1v) is 29.1. The van der Waals surface area contributed by atoms with Crippen LogP contribution >= 0.6 is 0 Å². The number of nitrogens with zero attached hydrogens (tertiary/aromatic N) is 7. The van der Waals surface area contributed by atoms with E-state index < -0.39 is 84.5 Å². The highest BCUT2D eigenvalue weighted by molar-refractivity contribution is 6.06. The number of aliphatic hydroxyl groups is 1. The van der Waals surface area contributed by atoms with Gasteiger partial charge in [-0.05, 0) is 65.9 Å². The second-order valence-corrected chi connectivity index (χ2v) is 21.1. The van der Waals surface area contributed by atoms with Crippen molar-refractivity contribution in [1.29, 1.82) is 0 Å². The molecular formula is C63H73N9O17. The topological polar surface area (TPSA) is 305 Å². The average Bonchev–Trinajstić information content (AvgIpc) is 1.80. The number of unbranched alkanes of at least 4 members (excludes halogenated alkanes) is 1. The van der Waals surface area contributed by atoms with Crippen LogP contribution in [0.2, 0.25) is 0 Å². The van der Waals surface area contributed by atoms with Crippen LogP contribution in [0.5, 0.6) is 11.5 Å². The third-order valence-corrected chi connectivity index (χ3v) is 15.0. The molecule has 0 aliphatic carbocycles. The Balaban J connectivity index is 0.809. The fraction of sp³-hybridized carbons (Fsp3) is 0.429. The fourth-order valence-corrected chi connectivity index (χ4v) is 10.6. The molecule has 0 bridgehead atoms. The zero-order valence-corrected chi connectivity index (χ0v) is 50.2. The fourth-order valence-electron chi connectivity index (χ4n) is 10.6. The van der Waals surface area contributed by atoms with Gasteiger partial charge in [0.1, 0.15) is 66.2 Å². The molecule has 89 heavy (non-hydrogen) atoms. The van der Waals surface area contributed by atoms with E-state index in [-0.39, 0.29) is 69.8 Å². The largest absolute Gasteiger partial charge is 0.497 e. The SMILES string of the molecule is COc1ccc(C(OC[C@H]2O[C@@H](n3cnc4c(NC(=O)c5ccccc5)ncnc43)[C@H](OCc3cn(CCOCCNC(=O)CCCCOC4OC(COC(C)=O)C(OC(C)=O)C(OC(C)=O)C4C)nn3)[C@@H]2O)(c2ccccc2)c2ccc(OC)cc2)cc1. The maximum atomic E-state index is 13.3. The van der Waals surface area contributed by atoms with Gasteiger partial charge in [-0.2, -0.15) is 0 Å². The minimum absolute atomic E-state index is 0.0972. The quantitative estimate of drug-likeness (QED) is 0.0212. The molecule has 2 amide bonds. The number of anilines is 1. The Morgan fingerprint density at radius 1 is 0.697 bits per heavy atom. The van der Waals surface area contributed by atoms with Crippen molar-refractivity contribution < 1.29 is 81.2 Å². The lowest BCUT2D eigenvalue weighted by Gasteiger charge is -2.43. The number of ether oxygens (including phenoxy) is 11. The highest BCUT2D eigenvalue weighted by atomic mass is 16.7. The number of hydrogen-bond donors (Lipinski definition) is 3. The van der Waals surface area contributed by atoms with Crippen LogP contribution in [0.4, 0.5) is 5.82 Å². The van der Waals surface area contributed by atoms with E-state index >= 15 is 0 Å². The standard InChI is InChI=1S/C63H73N9O17/c1-39-55(86-41(3)74)56(87-42(4)75)51(35-83-40(2)73)89-62(39)82-30-14-13-19-52(76)64-28-31-81-32-29-71-33-47(69-70-71)34-84-57-54(77)50(88-61(57)72-38-67-53-58(65-37-66-59(53)72)68-60(78)43-15-9-7-10-16-43)36-85-63(44-17-11-8-12-18-44,45-20-24-48(79-5)25-21-45)46-22-26-49(80-6)27-23-46/h7-12,15-18,20-27,33,37-39,50-51,54-57,61-62,77H,13-14,19,28-32,34-36H2,1-6H3,(H,64,76)(H,65,66,68,78)/t39?,50-,51?,54-,55?,56?,57-,61-,62?/m1/s1. The van der Waals surface area contributed by atoms with Gasteiger partial charge in [-0.1, -0.05) is 84.9 Å². The van der Waals surface area contributed by atoms with Crippen LogP contribution in [0.1, 0.15) is 85.9 Å². The third-order valence-electron chi connectivity index (χ3n) is 15.0. The molecule has 2 fully saturated rings. The van der Waals surface area contributed by atoms with Crippen molar-refractivity contribution in [3.8, 4) is 11.5 Å². The minimum Gasteiger partial charge on any atom is -0.497 e. The lowest BCUT2D eigenvalue weighted by molar-refractivity contribution is -0.288. The van der Waals surface area contributed by atoms with E-state index in [0.717, 1.165) is 16.7 Å². The number of imidazole rings is 1. The number of esters is 3. The van der Waals surface area contributed by atoms with E-state index in [1.165, 1.54) is 33.4 Å². The summed E-state index contributed by atoms with van der Waals surface area (Å²) in [5, 5.41) is 26.7. The second-order valence-electron chi connectivity index (χ2n) is 21.1. The van der Waals surface area contributed by atoms with Gasteiger partial charge in [0.25, 0.3) is 5.91 Å². The Labute approximate surface area is 513 Å². The second kappa shape index (κ2) is 30.9. The number of rotatable bonds is 30. The Bertz CT molecular complexity index is 3400. The number of hydrogen-bond acceptors (Lipinski definition) is 22. The maximum absolute atomic E-state index is 13.3. The predicted octanol–water partition coefficient (Wildman–Crippen LogP) is 5.65. The van der Waals surface area contributed by atoms with Crippen LogP contribution in [0.25, 0.3) is 11.2 Å². The van der Waals surface area contributed by atoms with Crippen molar-refractivity contribution in [2.75, 3.05) is 59.1 Å². The first kappa shape index (κ1) is 64.7. The van der Waals surface area contributed by atoms with Gasteiger partial charge in [0, 0.05) is 51.8 Å². The van der Waals surface area contributed by atoms with Crippen molar-refractivity contribution >= 4 is 46.7 Å². The van der Waals surface area contributed by atoms with Gasteiger partial charge in [0.05, 0.1) is 59.7 Å². The Hall–Kier alpha value is -8.76. The van der Waals surface area contributed by atoms with Crippen LogP contribution in [-0.2, 0) is 80.6 Å². The molecular weight excluding hydrogens is 1150 g/mol. The van der Waals surface area contributed by atoms with Gasteiger partial charge in [-0.25, -0.2) is 19.6 Å². The number of methoxy groups -OCH3 is 2. The van der Waals surface area contributed by atoms with Gasteiger partial charge < -0.3 is 67.8 Å². The van der Waals surface area contributed by atoms with E-state index in [0.29, 0.717) is 47.8 Å². The summed E-state index contributed by atoms with van der Waals surface area (Å²) in [6.07, 6.45) is -2.50. The molecule has 26 heteroatoms. The monoisotopic (exact) mass is 1230 g/mol. The molecule has 2 saturated heterocycles. The smallest absolute Gasteiger partial charge is 0.303 e. The molecule has 4 aromatic carbocycles. The highest BCUT2D eigenvalue weighted by Crippen LogP contribution is 2.44. The molecule has 7 aromatic rings. The molecule has 3 N–H and O–H groups in total. The van der Waals surface area contributed by atoms with E-state index in [2.05, 4.69) is 35.9 Å². The van der Waals surface area contributed by atoms with Gasteiger partial charge in [-0.15, -0.1) is 5.10 Å². The van der Waals surface area contributed by atoms with E-state index in [1.807, 2.05) is 84.9 Å². The zero-order chi connectivity index (χ0) is 62.9. The molecule has 9 atom stereocenters. The number of aromatic nitrogens is 7. The molecule has 472 valence electrons. The van der Waals surface area contributed by atoms with Gasteiger partial charge in [0.2, 0.25) is 5.91 Å². The molecule has 0 saturated carbocycles. The lowest BCUT2D eigenvalue weighted by atomic mass is 9.80. The van der Waals surface area contributed by atoms with E-state index in [4.69, 9.17) is 52.1 Å². The van der Waals surface area contributed by atoms with E-state index in [9.17, 15) is 29.1 Å². The number of aliphatic hydroxyl groups excluding tert-OH is 1. The predicted molar refractivity (Wildman–Crippen MR) is 316 cm³/mol. The van der Waals surface area contributed by atoms with Crippen LogP contribution < -0.4 is 20.1 Å². The summed E-state index contributed by atoms with van der Waals surface area (Å²) < 4.78 is 68.8. The van der Waals surface area contributed by atoms with Crippen molar-refractivity contribution in [1.82, 2.24) is 39.8 Å². The normalized spacial score (nSPS) is 20.8. The average molecular weight is 1230 g/mol. The molecule has 0 spiro atoms. The van der Waals surface area contributed by atoms with Crippen molar-refractivity contribution in [3.63, 3.8) is 0 Å². The maximum Gasteiger partial charge on any atom is 0.303 e. The molecule has 5 unspecified atom stereocenters. The molecule has 5 heterocycles. The molecule has 2 aliphatic rings. The number of carbonyl (C=O) groups excluding carboxylic acids is 5. The van der Waals surface area contributed by atoms with Gasteiger partial charge in [0.15, 0.2) is 35.6 Å². The highest BCUT2D eigenvalue weighted by Gasteiger charge is 2.50. The molecule has 26 nitrogen and oxygen atoms in total. The molecule has 0 radical (unpaired) electrons. The number of amides is 2. The van der Waals surface area contributed by atoms with Crippen LogP contribution in [0.15, 0.2) is 128 Å². The summed E-state index contributed by atoms with van der Waals surface area (Å²) in [6.45, 7) is 6.19. The summed E-state index contributed by atoms with van der Waals surface area (Å²) in [5.74, 6) is -1.43. The number of benzene rings is 4. The Kier molecular flexibility index (Phi) is 22.5. The summed E-state index contributed by atoms with van der Waals surface area (Å²) in [5.41, 5.74) is 2.54. The Morgan fingerprint density at radius 2 is 1.36 bits per heavy atom. The summed E-state index contributed by atoms with van der Waals surface area (Å²) >= 11 is 0. The third kappa shape index (κ3) is 16.3. The molecule has 9 rings (SSSR count). The first-order chi connectivity index (χ1) is 43.1. The van der Waals surface area contributed by atoms with Gasteiger partial charge >= 0.3 is 17.9 Å². The van der Waals surface area contributed by atoms with Crippen molar-refractivity contribution in [2.45, 2.75) is 115 Å². The molecule has 3 aromatic heterocycles. The zero-order valence-electron chi connectivity index (χ0n) is 50.2. The minimum atomic E-state index is -1.30. The van der Waals surface area contributed by atoms with Crippen LogP contribution in [-0.4, -0.2) is 166 Å². The number of fused-ring (bicyclic) bond motifs is 1. The van der Waals surface area contributed by atoms with Crippen LogP contribution in [0, 0.1) is 5.92 Å². The van der Waals surface area contributed by atoms with E-state index in [1.54, 1.807) is 60.9 Å². The number of carbonyl (C=O) groups is 5. The molecule has 2 aliphatic heterocycles. The first-order valence-electron chi connectivity index (χ1n) is 29.1. The van der Waals surface area contributed by atoms with Crippen molar-refractivity contribution in [3.05, 3.63) is 156 Å². The number of nitrogens with one attached hydrogen (secondary N) is 2. The summed E-state index contributed by atoms with van der Waals surface area (Å²) in [6, 6.07) is 33.6. The summed E-state index contributed by atoms with van der Waals surface area (Å²) in [7, 11) is 3.20.